The van der Waals surface area contributed by atoms with Crippen LogP contribution in [0.4, 0.5) is 5.82 Å². The largest absolute Gasteiger partial charge is 0.370 e. The first kappa shape index (κ1) is 19.6. The number of hydrogen-bond acceptors (Lipinski definition) is 3. The van der Waals surface area contributed by atoms with Gasteiger partial charge >= 0.3 is 0 Å². The van der Waals surface area contributed by atoms with E-state index in [0.29, 0.717) is 0 Å². The lowest BCUT2D eigenvalue weighted by atomic mass is 10.0. The van der Waals surface area contributed by atoms with Crippen molar-refractivity contribution >= 4 is 27.4 Å². The van der Waals surface area contributed by atoms with Crippen LogP contribution in [0.25, 0.3) is 16.9 Å². The van der Waals surface area contributed by atoms with E-state index in [9.17, 15) is 0 Å². The number of halogens is 1. The Kier molecular flexibility index (Phi) is 5.67. The van der Waals surface area contributed by atoms with Gasteiger partial charge in [-0.15, -0.1) is 0 Å². The summed E-state index contributed by atoms with van der Waals surface area (Å²) in [5, 5.41) is 8.05. The van der Waals surface area contributed by atoms with E-state index in [2.05, 4.69) is 95.6 Å². The zero-order chi connectivity index (χ0) is 20.4. The lowest BCUT2D eigenvalue weighted by Gasteiger charge is -2.12. The smallest absolute Gasteiger partial charge is 0.172 e. The standard InChI is InChI=1S/C24H25BrN4/c1-16-11-17(2)13-19(12-16)8-6-10-26-23-14-22(20-9-5-4-7-18(20)3)28-24-21(25)15-27-29(23)24/h4-5,7,9,11-15,26H,6,8,10H2,1-3H3. The lowest BCUT2D eigenvalue weighted by molar-refractivity contribution is 0.842. The fourth-order valence-corrected chi connectivity index (χ4v) is 4.13. The second-order valence-electron chi connectivity index (χ2n) is 7.60. The molecule has 0 aliphatic carbocycles. The van der Waals surface area contributed by atoms with Crippen LogP contribution in [0.1, 0.15) is 28.7 Å². The Morgan fingerprint density at radius 2 is 1.76 bits per heavy atom. The number of rotatable bonds is 6. The van der Waals surface area contributed by atoms with Crippen molar-refractivity contribution in [3.8, 4) is 11.3 Å². The first-order valence-corrected chi connectivity index (χ1v) is 10.7. The topological polar surface area (TPSA) is 42.2 Å². The molecule has 4 nitrogen and oxygen atoms in total. The summed E-state index contributed by atoms with van der Waals surface area (Å²) in [5.41, 5.74) is 8.17. The third-order valence-electron chi connectivity index (χ3n) is 5.08. The highest BCUT2D eigenvalue weighted by Gasteiger charge is 2.12. The lowest BCUT2D eigenvalue weighted by Crippen LogP contribution is -2.09. The minimum absolute atomic E-state index is 0.822. The summed E-state index contributed by atoms with van der Waals surface area (Å²) < 4.78 is 2.76. The van der Waals surface area contributed by atoms with Crippen molar-refractivity contribution in [3.63, 3.8) is 0 Å². The second kappa shape index (κ2) is 8.37. The Morgan fingerprint density at radius 3 is 2.52 bits per heavy atom. The molecule has 0 spiro atoms. The number of aryl methyl sites for hydroxylation is 4. The maximum Gasteiger partial charge on any atom is 0.172 e. The zero-order valence-corrected chi connectivity index (χ0v) is 18.6. The molecule has 0 aliphatic heterocycles. The molecule has 0 aliphatic rings. The first-order chi connectivity index (χ1) is 14.0. The summed E-state index contributed by atoms with van der Waals surface area (Å²) in [5.74, 6) is 0.958. The average Bonchev–Trinajstić information content (AvgIpc) is 3.06. The van der Waals surface area contributed by atoms with Crippen LogP contribution in [0.2, 0.25) is 0 Å². The van der Waals surface area contributed by atoms with Crippen LogP contribution in [0.15, 0.2) is 59.2 Å². The molecule has 4 aromatic rings. The van der Waals surface area contributed by atoms with Crippen molar-refractivity contribution < 1.29 is 0 Å². The minimum Gasteiger partial charge on any atom is -0.370 e. The highest BCUT2D eigenvalue weighted by molar-refractivity contribution is 9.10. The van der Waals surface area contributed by atoms with E-state index < -0.39 is 0 Å². The molecule has 148 valence electrons. The summed E-state index contributed by atoms with van der Waals surface area (Å²) in [6.07, 6.45) is 3.90. The van der Waals surface area contributed by atoms with E-state index in [-0.39, 0.29) is 0 Å². The number of fused-ring (bicyclic) bond motifs is 1. The quantitative estimate of drug-likeness (QED) is 0.360. The van der Waals surface area contributed by atoms with Crippen molar-refractivity contribution in [1.82, 2.24) is 14.6 Å². The number of aromatic nitrogens is 3. The third kappa shape index (κ3) is 4.35. The average molecular weight is 449 g/mol. The van der Waals surface area contributed by atoms with Gasteiger partial charge in [-0.05, 0) is 60.7 Å². The monoisotopic (exact) mass is 448 g/mol. The third-order valence-corrected chi connectivity index (χ3v) is 5.64. The molecule has 2 heterocycles. The molecule has 0 radical (unpaired) electrons. The summed E-state index contributed by atoms with van der Waals surface area (Å²) in [6, 6.07) is 17.2. The summed E-state index contributed by atoms with van der Waals surface area (Å²) in [6.45, 7) is 7.30. The molecule has 29 heavy (non-hydrogen) atoms. The van der Waals surface area contributed by atoms with Crippen LogP contribution in [-0.2, 0) is 6.42 Å². The van der Waals surface area contributed by atoms with E-state index in [1.165, 1.54) is 22.3 Å². The van der Waals surface area contributed by atoms with Gasteiger partial charge in [0.05, 0.1) is 16.4 Å². The molecule has 2 aromatic heterocycles. The molecule has 4 rings (SSSR count). The maximum absolute atomic E-state index is 4.84. The van der Waals surface area contributed by atoms with Gasteiger partial charge in [0.1, 0.15) is 5.82 Å². The highest BCUT2D eigenvalue weighted by Crippen LogP contribution is 2.27. The van der Waals surface area contributed by atoms with Crippen LogP contribution in [-0.4, -0.2) is 21.1 Å². The van der Waals surface area contributed by atoms with E-state index >= 15 is 0 Å². The Morgan fingerprint density at radius 1 is 1.00 bits per heavy atom. The van der Waals surface area contributed by atoms with Crippen LogP contribution in [0.3, 0.4) is 0 Å². The maximum atomic E-state index is 4.84. The predicted octanol–water partition coefficient (Wildman–Crippen LogP) is 6.13. The highest BCUT2D eigenvalue weighted by atomic mass is 79.9. The van der Waals surface area contributed by atoms with Gasteiger partial charge in [0, 0.05) is 18.2 Å². The summed E-state index contributed by atoms with van der Waals surface area (Å²) >= 11 is 3.58. The van der Waals surface area contributed by atoms with E-state index in [1.807, 2.05) is 4.52 Å². The van der Waals surface area contributed by atoms with Crippen molar-refractivity contribution in [3.05, 3.63) is 81.5 Å². The molecule has 0 amide bonds. The number of nitrogens with zero attached hydrogens (tertiary/aromatic N) is 3. The zero-order valence-electron chi connectivity index (χ0n) is 17.0. The fourth-order valence-electron chi connectivity index (χ4n) is 3.78. The SMILES string of the molecule is Cc1cc(C)cc(CCCNc2cc(-c3ccccc3C)nc3c(Br)cnn23)c1. The Hall–Kier alpha value is -2.66. The number of benzene rings is 2. The van der Waals surface area contributed by atoms with Gasteiger partial charge in [-0.2, -0.15) is 9.61 Å². The molecule has 2 aromatic carbocycles. The molecule has 0 fully saturated rings. The van der Waals surface area contributed by atoms with Crippen molar-refractivity contribution in [2.45, 2.75) is 33.6 Å². The number of hydrogen-bond donors (Lipinski definition) is 1. The molecule has 0 saturated heterocycles. The van der Waals surface area contributed by atoms with Gasteiger partial charge in [-0.1, -0.05) is 53.6 Å². The molecule has 5 heteroatoms. The van der Waals surface area contributed by atoms with Crippen LogP contribution in [0.5, 0.6) is 0 Å². The first-order valence-electron chi connectivity index (χ1n) is 9.92. The molecule has 0 bridgehead atoms. The summed E-state index contributed by atoms with van der Waals surface area (Å²) in [7, 11) is 0. The van der Waals surface area contributed by atoms with Crippen molar-refractivity contribution in [2.24, 2.45) is 0 Å². The van der Waals surface area contributed by atoms with Gasteiger partial charge in [0.15, 0.2) is 5.65 Å². The Bertz CT molecular complexity index is 1140. The molecule has 0 saturated carbocycles. The molecule has 0 unspecified atom stereocenters. The van der Waals surface area contributed by atoms with Crippen LogP contribution >= 0.6 is 15.9 Å². The molecule has 1 N–H and O–H groups in total. The van der Waals surface area contributed by atoms with Crippen LogP contribution < -0.4 is 5.32 Å². The van der Waals surface area contributed by atoms with Crippen LogP contribution in [0, 0.1) is 20.8 Å². The summed E-state index contributed by atoms with van der Waals surface area (Å²) in [4.78, 5) is 4.84. The molecule has 0 atom stereocenters. The van der Waals surface area contributed by atoms with E-state index in [4.69, 9.17) is 4.98 Å². The minimum atomic E-state index is 0.822. The second-order valence-corrected chi connectivity index (χ2v) is 8.45. The van der Waals surface area contributed by atoms with Gasteiger partial charge in [0.2, 0.25) is 0 Å². The van der Waals surface area contributed by atoms with Gasteiger partial charge in [0.25, 0.3) is 0 Å². The predicted molar refractivity (Wildman–Crippen MR) is 124 cm³/mol. The Balaban J connectivity index is 1.56. The van der Waals surface area contributed by atoms with Gasteiger partial charge < -0.3 is 5.32 Å². The molecular weight excluding hydrogens is 424 g/mol. The fraction of sp³-hybridized carbons (Fsp3) is 0.250. The normalized spacial score (nSPS) is 11.2. The number of anilines is 1. The van der Waals surface area contributed by atoms with Crippen molar-refractivity contribution in [1.29, 1.82) is 0 Å². The molecular formula is C24H25BrN4. The van der Waals surface area contributed by atoms with E-state index in [1.54, 1.807) is 6.20 Å². The van der Waals surface area contributed by atoms with Gasteiger partial charge in [-0.25, -0.2) is 4.98 Å². The number of nitrogens with one attached hydrogen (secondary N) is 1. The Labute approximate surface area is 180 Å². The van der Waals surface area contributed by atoms with E-state index in [0.717, 1.165) is 46.6 Å². The van der Waals surface area contributed by atoms with Crippen molar-refractivity contribution in [2.75, 3.05) is 11.9 Å². The van der Waals surface area contributed by atoms with Gasteiger partial charge in [-0.3, -0.25) is 0 Å².